The highest BCUT2D eigenvalue weighted by Crippen LogP contribution is 2.29. The number of amides is 2. The number of thiazole rings is 1. The lowest BCUT2D eigenvalue weighted by molar-refractivity contribution is -0.131. The molecule has 1 aromatic heterocycles. The standard InChI is InChI=1S/C22H28FN3O2S/c1-15(2)21(28)24-10-9-19-14-29-22(25-19)17-4-3-11-26(13-17)20(27)12-16-5-7-18(23)8-6-16/h5-8,14-15,17H,3-4,9-13H2,1-2H3,(H,24,28). The van der Waals surface area contributed by atoms with Crippen molar-refractivity contribution >= 4 is 23.2 Å². The van der Waals surface area contributed by atoms with Gasteiger partial charge in [-0.05, 0) is 30.5 Å². The van der Waals surface area contributed by atoms with Crippen LogP contribution in [0, 0.1) is 11.7 Å². The van der Waals surface area contributed by atoms with Crippen molar-refractivity contribution in [1.82, 2.24) is 15.2 Å². The Morgan fingerprint density at radius 2 is 2.07 bits per heavy atom. The summed E-state index contributed by atoms with van der Waals surface area (Å²) in [7, 11) is 0. The average molecular weight is 418 g/mol. The molecule has 0 bridgehead atoms. The average Bonchev–Trinajstić information content (AvgIpc) is 3.18. The van der Waals surface area contributed by atoms with Gasteiger partial charge in [0.25, 0.3) is 0 Å². The number of piperidine rings is 1. The summed E-state index contributed by atoms with van der Waals surface area (Å²) in [5.41, 5.74) is 1.82. The zero-order valence-electron chi connectivity index (χ0n) is 17.0. The second-order valence-corrected chi connectivity index (χ2v) is 8.74. The molecule has 0 radical (unpaired) electrons. The topological polar surface area (TPSA) is 62.3 Å². The fraction of sp³-hybridized carbons (Fsp3) is 0.500. The number of nitrogens with one attached hydrogen (secondary N) is 1. The number of hydrogen-bond acceptors (Lipinski definition) is 4. The number of nitrogens with zero attached hydrogens (tertiary/aromatic N) is 2. The van der Waals surface area contributed by atoms with Gasteiger partial charge in [-0.2, -0.15) is 0 Å². The van der Waals surface area contributed by atoms with Crippen LogP contribution in [0.2, 0.25) is 0 Å². The van der Waals surface area contributed by atoms with Gasteiger partial charge in [0.05, 0.1) is 17.1 Å². The number of likely N-dealkylation sites (tertiary alicyclic amines) is 1. The Morgan fingerprint density at radius 1 is 1.31 bits per heavy atom. The van der Waals surface area contributed by atoms with E-state index in [0.29, 0.717) is 19.5 Å². The van der Waals surface area contributed by atoms with E-state index in [0.717, 1.165) is 42.1 Å². The molecule has 1 atom stereocenters. The molecule has 0 spiro atoms. The summed E-state index contributed by atoms with van der Waals surface area (Å²) >= 11 is 1.64. The van der Waals surface area contributed by atoms with E-state index in [1.807, 2.05) is 18.7 Å². The van der Waals surface area contributed by atoms with Crippen molar-refractivity contribution in [2.75, 3.05) is 19.6 Å². The van der Waals surface area contributed by atoms with Gasteiger partial charge in [-0.25, -0.2) is 9.37 Å². The first-order chi connectivity index (χ1) is 13.9. The van der Waals surface area contributed by atoms with E-state index >= 15 is 0 Å². The Kier molecular flexibility index (Phi) is 7.36. The molecule has 156 valence electrons. The largest absolute Gasteiger partial charge is 0.355 e. The van der Waals surface area contributed by atoms with Crippen molar-refractivity contribution < 1.29 is 14.0 Å². The lowest BCUT2D eigenvalue weighted by atomic mass is 9.98. The molecule has 0 saturated carbocycles. The third-order valence-electron chi connectivity index (χ3n) is 5.17. The second kappa shape index (κ2) is 9.96. The SMILES string of the molecule is CC(C)C(=O)NCCc1csc(C2CCCN(C(=O)Cc3ccc(F)cc3)C2)n1. The van der Waals surface area contributed by atoms with Crippen LogP contribution >= 0.6 is 11.3 Å². The third-order valence-corrected chi connectivity index (χ3v) is 6.22. The summed E-state index contributed by atoms with van der Waals surface area (Å²) < 4.78 is 13.1. The maximum absolute atomic E-state index is 13.1. The Morgan fingerprint density at radius 3 is 2.79 bits per heavy atom. The highest BCUT2D eigenvalue weighted by atomic mass is 32.1. The molecule has 7 heteroatoms. The number of halogens is 1. The lowest BCUT2D eigenvalue weighted by Gasteiger charge is -2.32. The van der Waals surface area contributed by atoms with Crippen LogP contribution < -0.4 is 5.32 Å². The molecule has 1 fully saturated rings. The van der Waals surface area contributed by atoms with Crippen LogP contribution in [0.4, 0.5) is 4.39 Å². The zero-order valence-corrected chi connectivity index (χ0v) is 17.8. The van der Waals surface area contributed by atoms with Crippen LogP contribution in [0.1, 0.15) is 48.9 Å². The van der Waals surface area contributed by atoms with E-state index in [2.05, 4.69) is 10.7 Å². The van der Waals surface area contributed by atoms with Gasteiger partial charge in [0, 0.05) is 43.3 Å². The lowest BCUT2D eigenvalue weighted by Crippen LogP contribution is -2.39. The molecule has 29 heavy (non-hydrogen) atoms. The number of hydrogen-bond donors (Lipinski definition) is 1. The van der Waals surface area contributed by atoms with Crippen LogP contribution in [0.15, 0.2) is 29.6 Å². The maximum atomic E-state index is 13.1. The Balaban J connectivity index is 1.52. The zero-order chi connectivity index (χ0) is 20.8. The smallest absolute Gasteiger partial charge is 0.227 e. The van der Waals surface area contributed by atoms with E-state index in [-0.39, 0.29) is 29.5 Å². The van der Waals surface area contributed by atoms with Gasteiger partial charge in [0.2, 0.25) is 11.8 Å². The van der Waals surface area contributed by atoms with E-state index in [9.17, 15) is 14.0 Å². The molecule has 2 amide bonds. The number of carbonyl (C=O) groups excluding carboxylic acids is 2. The Bertz CT molecular complexity index is 835. The number of rotatable bonds is 7. The van der Waals surface area contributed by atoms with Crippen molar-refractivity contribution in [3.63, 3.8) is 0 Å². The van der Waals surface area contributed by atoms with E-state index in [4.69, 9.17) is 4.98 Å². The molecule has 3 rings (SSSR count). The number of aromatic nitrogens is 1. The fourth-order valence-corrected chi connectivity index (χ4v) is 4.42. The first kappa shape index (κ1) is 21.4. The molecule has 5 nitrogen and oxygen atoms in total. The normalized spacial score (nSPS) is 16.8. The molecular formula is C22H28FN3O2S. The minimum Gasteiger partial charge on any atom is -0.355 e. The second-order valence-electron chi connectivity index (χ2n) is 7.85. The molecule has 1 aliphatic heterocycles. The molecule has 2 heterocycles. The van der Waals surface area contributed by atoms with Crippen molar-refractivity contribution in [2.45, 2.75) is 45.4 Å². The van der Waals surface area contributed by atoms with Crippen LogP contribution in [0.3, 0.4) is 0 Å². The molecule has 1 saturated heterocycles. The van der Waals surface area contributed by atoms with Crippen molar-refractivity contribution in [1.29, 1.82) is 0 Å². The van der Waals surface area contributed by atoms with Gasteiger partial charge >= 0.3 is 0 Å². The van der Waals surface area contributed by atoms with Crippen LogP contribution in [0.25, 0.3) is 0 Å². The van der Waals surface area contributed by atoms with E-state index in [1.165, 1.54) is 12.1 Å². The third kappa shape index (κ3) is 6.10. The summed E-state index contributed by atoms with van der Waals surface area (Å²) in [5, 5.41) is 6.03. The Hall–Kier alpha value is -2.28. The van der Waals surface area contributed by atoms with Gasteiger partial charge in [-0.15, -0.1) is 11.3 Å². The van der Waals surface area contributed by atoms with Crippen LogP contribution in [-0.2, 0) is 22.4 Å². The predicted octanol–water partition coefficient (Wildman–Crippen LogP) is 3.55. The summed E-state index contributed by atoms with van der Waals surface area (Å²) in [6.07, 6.45) is 3.00. The quantitative estimate of drug-likeness (QED) is 0.749. The highest BCUT2D eigenvalue weighted by Gasteiger charge is 2.26. The summed E-state index contributed by atoms with van der Waals surface area (Å²) in [4.78, 5) is 31.0. The number of carbonyl (C=O) groups is 2. The fourth-order valence-electron chi connectivity index (χ4n) is 3.44. The van der Waals surface area contributed by atoms with Gasteiger partial charge in [0.15, 0.2) is 0 Å². The van der Waals surface area contributed by atoms with Crippen molar-refractivity contribution in [2.24, 2.45) is 5.92 Å². The summed E-state index contributed by atoms with van der Waals surface area (Å²) in [6.45, 7) is 5.78. The highest BCUT2D eigenvalue weighted by molar-refractivity contribution is 7.09. The van der Waals surface area contributed by atoms with Crippen molar-refractivity contribution in [3.8, 4) is 0 Å². The van der Waals surface area contributed by atoms with Gasteiger partial charge < -0.3 is 10.2 Å². The molecule has 1 N–H and O–H groups in total. The maximum Gasteiger partial charge on any atom is 0.227 e. The minimum atomic E-state index is -0.289. The molecule has 1 aromatic carbocycles. The summed E-state index contributed by atoms with van der Waals surface area (Å²) in [5.74, 6) is 0.0895. The van der Waals surface area contributed by atoms with Crippen LogP contribution in [-0.4, -0.2) is 41.3 Å². The Labute approximate surface area is 175 Å². The first-order valence-corrected chi connectivity index (χ1v) is 11.0. The van der Waals surface area contributed by atoms with Gasteiger partial charge in [-0.1, -0.05) is 26.0 Å². The molecule has 0 aliphatic carbocycles. The molecule has 1 aliphatic rings. The monoisotopic (exact) mass is 417 g/mol. The van der Waals surface area contributed by atoms with Gasteiger partial charge in [0.1, 0.15) is 5.82 Å². The molecule has 1 unspecified atom stereocenters. The van der Waals surface area contributed by atoms with E-state index in [1.54, 1.807) is 23.5 Å². The van der Waals surface area contributed by atoms with Gasteiger partial charge in [-0.3, -0.25) is 9.59 Å². The predicted molar refractivity (Wildman–Crippen MR) is 112 cm³/mol. The molecular weight excluding hydrogens is 389 g/mol. The first-order valence-electron chi connectivity index (χ1n) is 10.2. The minimum absolute atomic E-state index is 0.0123. The molecule has 2 aromatic rings. The van der Waals surface area contributed by atoms with E-state index < -0.39 is 0 Å². The van der Waals surface area contributed by atoms with Crippen LogP contribution in [0.5, 0.6) is 0 Å². The number of benzene rings is 1. The summed E-state index contributed by atoms with van der Waals surface area (Å²) in [6, 6.07) is 6.12. The van der Waals surface area contributed by atoms with Crippen molar-refractivity contribution in [3.05, 3.63) is 51.7 Å².